The number of hydrogen-bond donors (Lipinski definition) is 3. The predicted octanol–water partition coefficient (Wildman–Crippen LogP) is 2.97. The van der Waals surface area contributed by atoms with Crippen molar-refractivity contribution < 1.29 is 19.4 Å². The zero-order chi connectivity index (χ0) is 28.3. The fraction of sp³-hybridized carbons (Fsp3) is 0.393. The maximum atomic E-state index is 11.4. The molecule has 2 aliphatic heterocycles. The Hall–Kier alpha value is -3.87. The Balaban J connectivity index is 1.48. The molecule has 1 fully saturated rings. The minimum atomic E-state index is -1.02. The molecule has 1 unspecified atom stereocenters. The van der Waals surface area contributed by atoms with Gasteiger partial charge in [0.15, 0.2) is 17.4 Å². The molecule has 0 radical (unpaired) electrons. The normalized spacial score (nSPS) is 19.0. The van der Waals surface area contributed by atoms with Gasteiger partial charge in [-0.25, -0.2) is 19.8 Å². The number of fused-ring (bicyclic) bond motifs is 1. The van der Waals surface area contributed by atoms with Gasteiger partial charge in [0.1, 0.15) is 0 Å². The molecule has 1 aromatic carbocycles. The summed E-state index contributed by atoms with van der Waals surface area (Å²) in [5, 5.41) is 15.3. The second-order valence-corrected chi connectivity index (χ2v) is 11.0. The van der Waals surface area contributed by atoms with Crippen molar-refractivity contribution in [3.63, 3.8) is 0 Å². The number of hydrogen-bond acceptors (Lipinski definition) is 10. The van der Waals surface area contributed by atoms with E-state index in [4.69, 9.17) is 14.7 Å². The molecule has 4 heterocycles. The highest BCUT2D eigenvalue weighted by molar-refractivity contribution is 7.19. The van der Waals surface area contributed by atoms with E-state index in [0.717, 1.165) is 45.1 Å². The molecule has 0 saturated carbocycles. The Morgan fingerprint density at radius 1 is 1.25 bits per heavy atom. The lowest BCUT2D eigenvalue weighted by Gasteiger charge is -2.39. The number of nitrogens with one attached hydrogen (secondary N) is 2. The molecule has 2 aliphatic rings. The average molecular weight is 564 g/mol. The summed E-state index contributed by atoms with van der Waals surface area (Å²) < 4.78 is 6.61. The van der Waals surface area contributed by atoms with E-state index in [1.54, 1.807) is 11.3 Å². The topological polar surface area (TPSA) is 132 Å². The smallest absolute Gasteiger partial charge is 0.338 e. The number of amides is 1. The molecule has 0 bridgehead atoms. The molecule has 40 heavy (non-hydrogen) atoms. The number of nitrogens with zero attached hydrogens (tertiary/aromatic N) is 5. The van der Waals surface area contributed by atoms with Crippen LogP contribution in [0.25, 0.3) is 21.6 Å². The zero-order valence-electron chi connectivity index (χ0n) is 22.8. The van der Waals surface area contributed by atoms with Crippen molar-refractivity contribution in [3.05, 3.63) is 52.5 Å². The quantitative estimate of drug-likeness (QED) is 0.359. The van der Waals surface area contributed by atoms with Crippen LogP contribution in [0.4, 0.5) is 5.82 Å². The van der Waals surface area contributed by atoms with Gasteiger partial charge in [0, 0.05) is 62.4 Å². The first-order chi connectivity index (χ1) is 19.3. The number of ether oxygens (including phenoxy) is 1. The predicted molar refractivity (Wildman–Crippen MR) is 155 cm³/mol. The van der Waals surface area contributed by atoms with Crippen molar-refractivity contribution in [2.24, 2.45) is 4.99 Å². The van der Waals surface area contributed by atoms with Gasteiger partial charge in [-0.2, -0.15) is 0 Å². The minimum absolute atomic E-state index is 0.0780. The summed E-state index contributed by atoms with van der Waals surface area (Å²) in [6, 6.07) is 10.0. The van der Waals surface area contributed by atoms with Gasteiger partial charge >= 0.3 is 5.97 Å². The van der Waals surface area contributed by atoms with Crippen molar-refractivity contribution in [3.8, 4) is 11.4 Å². The summed E-state index contributed by atoms with van der Waals surface area (Å²) in [6.45, 7) is 7.32. The minimum Gasteiger partial charge on any atom is -0.478 e. The van der Waals surface area contributed by atoms with Gasteiger partial charge in [-0.05, 0) is 24.7 Å². The second-order valence-electron chi connectivity index (χ2n) is 9.84. The molecule has 2 aromatic heterocycles. The summed E-state index contributed by atoms with van der Waals surface area (Å²) >= 11 is 1.66. The van der Waals surface area contributed by atoms with Gasteiger partial charge in [0.2, 0.25) is 5.91 Å². The molecular formula is C28H33N7O4S. The van der Waals surface area contributed by atoms with E-state index in [-0.39, 0.29) is 11.5 Å². The lowest BCUT2D eigenvalue weighted by atomic mass is 10.1. The number of aromatic nitrogens is 2. The number of morpholine rings is 1. The molecule has 1 amide bonds. The van der Waals surface area contributed by atoms with E-state index in [1.165, 1.54) is 19.3 Å². The van der Waals surface area contributed by atoms with Crippen LogP contribution in [0.2, 0.25) is 0 Å². The lowest BCUT2D eigenvalue weighted by molar-refractivity contribution is -0.132. The summed E-state index contributed by atoms with van der Waals surface area (Å²) in [7, 11) is 1.97. The number of carbonyl (C=O) groups is 2. The van der Waals surface area contributed by atoms with Gasteiger partial charge in [-0.1, -0.05) is 25.1 Å². The molecule has 1 atom stereocenters. The summed E-state index contributed by atoms with van der Waals surface area (Å²) in [5.74, 6) is -0.314. The summed E-state index contributed by atoms with van der Waals surface area (Å²) in [4.78, 5) is 42.7. The molecule has 3 aromatic rings. The third-order valence-corrected chi connectivity index (χ3v) is 8.19. The number of aliphatic carboxylic acids is 1. The molecule has 11 nitrogen and oxygen atoms in total. The number of carboxylic acids is 1. The third kappa shape index (κ3) is 5.83. The number of benzene rings is 1. The van der Waals surface area contributed by atoms with Crippen LogP contribution in [0, 0.1) is 0 Å². The van der Waals surface area contributed by atoms with Crippen molar-refractivity contribution >= 4 is 45.5 Å². The fourth-order valence-corrected chi connectivity index (χ4v) is 5.97. The maximum absolute atomic E-state index is 11.4. The molecule has 12 heteroatoms. The summed E-state index contributed by atoms with van der Waals surface area (Å²) in [6.07, 6.45) is 3.57. The zero-order valence-corrected chi connectivity index (χ0v) is 23.6. The number of thiophene rings is 1. The number of anilines is 1. The van der Waals surface area contributed by atoms with Gasteiger partial charge in [0.05, 0.1) is 29.0 Å². The van der Waals surface area contributed by atoms with Crippen LogP contribution in [0.15, 0.2) is 47.1 Å². The molecule has 0 aliphatic carbocycles. The van der Waals surface area contributed by atoms with Crippen molar-refractivity contribution in [2.45, 2.75) is 39.1 Å². The van der Waals surface area contributed by atoms with Gasteiger partial charge in [-0.15, -0.1) is 11.3 Å². The number of rotatable bonds is 9. The lowest BCUT2D eigenvalue weighted by Crippen LogP contribution is -2.55. The molecule has 210 valence electrons. The number of carbonyl (C=O) groups excluding carboxylic acids is 1. The van der Waals surface area contributed by atoms with E-state index >= 15 is 0 Å². The van der Waals surface area contributed by atoms with Gasteiger partial charge < -0.3 is 25.4 Å². The molecule has 0 spiro atoms. The molecule has 3 N–H and O–H groups in total. The monoisotopic (exact) mass is 563 g/mol. The first-order valence-electron chi connectivity index (χ1n) is 13.2. The number of carboxylic acid groups (broad SMARTS) is 1. The van der Waals surface area contributed by atoms with Crippen LogP contribution in [-0.4, -0.2) is 77.2 Å². The van der Waals surface area contributed by atoms with Crippen LogP contribution in [0.5, 0.6) is 0 Å². The Labute approximate surface area is 236 Å². The highest BCUT2D eigenvalue weighted by Crippen LogP contribution is 2.36. The van der Waals surface area contributed by atoms with Crippen LogP contribution >= 0.6 is 11.3 Å². The Kier molecular flexibility index (Phi) is 8.10. The molecular weight excluding hydrogens is 530 g/mol. The van der Waals surface area contributed by atoms with Crippen LogP contribution in [0.1, 0.15) is 30.7 Å². The van der Waals surface area contributed by atoms with Crippen molar-refractivity contribution in [2.75, 3.05) is 38.3 Å². The first kappa shape index (κ1) is 27.7. The molecule has 5 rings (SSSR count). The Bertz CT molecular complexity index is 1480. The summed E-state index contributed by atoms with van der Waals surface area (Å²) in [5.41, 5.74) is 2.85. The van der Waals surface area contributed by atoms with Gasteiger partial charge in [0.25, 0.3) is 0 Å². The number of aliphatic imine (C=N–C) groups is 1. The Morgan fingerprint density at radius 3 is 2.73 bits per heavy atom. The first-order valence-corrected chi connectivity index (χ1v) is 14.0. The largest absolute Gasteiger partial charge is 0.478 e. The highest BCUT2D eigenvalue weighted by atomic mass is 32.1. The SMILES string of the molecule is CCC1(N(C)Cc2cc3nc(-c4cccc(CNC(C)=O)c4)nc(N4CCOCC4)c3s2)N=CC(C(=O)O)=CN1. The van der Waals surface area contributed by atoms with E-state index in [0.29, 0.717) is 38.5 Å². The van der Waals surface area contributed by atoms with Crippen molar-refractivity contribution in [1.29, 1.82) is 0 Å². The van der Waals surface area contributed by atoms with E-state index in [9.17, 15) is 14.7 Å². The van der Waals surface area contributed by atoms with E-state index in [1.807, 2.05) is 38.2 Å². The van der Waals surface area contributed by atoms with Crippen LogP contribution < -0.4 is 15.5 Å². The third-order valence-electron chi connectivity index (χ3n) is 7.08. The van der Waals surface area contributed by atoms with E-state index < -0.39 is 11.8 Å². The maximum Gasteiger partial charge on any atom is 0.338 e. The Morgan fingerprint density at radius 2 is 2.05 bits per heavy atom. The van der Waals surface area contributed by atoms with Crippen molar-refractivity contribution in [1.82, 2.24) is 25.5 Å². The van der Waals surface area contributed by atoms with Gasteiger partial charge in [-0.3, -0.25) is 9.69 Å². The van der Waals surface area contributed by atoms with Crippen LogP contribution in [-0.2, 0) is 27.4 Å². The average Bonchev–Trinajstić information content (AvgIpc) is 3.38. The highest BCUT2D eigenvalue weighted by Gasteiger charge is 2.34. The standard InChI is InChI=1S/C28H33N7O4S/c1-4-28(30-15-21(16-31-28)27(37)38)34(3)17-22-13-23-24(40-22)26(35-8-10-39-11-9-35)33-25(32-23)20-7-5-6-19(12-20)14-29-18(2)36/h5-7,12-13,15-16,30H,4,8-11,14,17H2,1-3H3,(H,29,36)(H,37,38). The fourth-order valence-electron chi connectivity index (χ4n) is 4.81. The van der Waals surface area contributed by atoms with Crippen LogP contribution in [0.3, 0.4) is 0 Å². The molecule has 1 saturated heterocycles. The van der Waals surface area contributed by atoms with E-state index in [2.05, 4.69) is 31.5 Å². The second kappa shape index (κ2) is 11.7.